The molecule has 0 amide bonds. The molecule has 0 saturated carbocycles. The third-order valence-corrected chi connectivity index (χ3v) is 2.24. The molecule has 0 aliphatic rings. The number of ether oxygens (including phenoxy) is 1. The van der Waals surface area contributed by atoms with E-state index in [0.29, 0.717) is 10.9 Å². The summed E-state index contributed by atoms with van der Waals surface area (Å²) in [5.74, 6) is -0.729. The van der Waals surface area contributed by atoms with E-state index in [0.717, 1.165) is 4.68 Å². The molecule has 2 rings (SSSR count). The van der Waals surface area contributed by atoms with Crippen molar-refractivity contribution in [3.05, 3.63) is 46.1 Å². The smallest absolute Gasteiger partial charge is 0.361 e. The first kappa shape index (κ1) is 10.2. The summed E-state index contributed by atoms with van der Waals surface area (Å²) in [5, 5.41) is 10.9. The highest BCUT2D eigenvalue weighted by Gasteiger charge is 2.22. The number of nitrogens with zero attached hydrogens (tertiary/aromatic N) is 2. The first-order valence-corrected chi connectivity index (χ1v) is 4.48. The molecule has 6 nitrogen and oxygen atoms in total. The van der Waals surface area contributed by atoms with E-state index in [1.807, 2.05) is 0 Å². The fourth-order valence-electron chi connectivity index (χ4n) is 1.57. The van der Waals surface area contributed by atoms with Crippen LogP contribution >= 0.6 is 0 Å². The molecule has 0 fully saturated rings. The number of nitro groups is 1. The van der Waals surface area contributed by atoms with Gasteiger partial charge in [0.2, 0.25) is 0 Å². The summed E-state index contributed by atoms with van der Waals surface area (Å²) in [6, 6.07) is 8.12. The lowest BCUT2D eigenvalue weighted by molar-refractivity contribution is -0.538. The predicted molar refractivity (Wildman–Crippen MR) is 55.7 cm³/mol. The van der Waals surface area contributed by atoms with Crippen LogP contribution in [0.3, 0.4) is 0 Å². The Bertz CT molecular complexity index is 573. The highest BCUT2D eigenvalue weighted by atomic mass is 16.7. The standard InChI is InChI=1S/C10H8N2O4/c1-16-10(13)9-6-7-4-2-3-5-8(7)11(9)12(14)15/h2-6H,1H3. The van der Waals surface area contributed by atoms with Crippen LogP contribution in [0.1, 0.15) is 10.5 Å². The first-order valence-electron chi connectivity index (χ1n) is 4.48. The first-order chi connectivity index (χ1) is 7.65. The van der Waals surface area contributed by atoms with Crippen LogP contribution in [0.4, 0.5) is 0 Å². The van der Waals surface area contributed by atoms with Crippen molar-refractivity contribution in [2.75, 3.05) is 7.11 Å². The number of hydrogen-bond donors (Lipinski definition) is 0. The summed E-state index contributed by atoms with van der Waals surface area (Å²) in [6.45, 7) is 0. The summed E-state index contributed by atoms with van der Waals surface area (Å²) in [4.78, 5) is 22.2. The Hall–Kier alpha value is -2.37. The lowest BCUT2D eigenvalue weighted by atomic mass is 10.2. The highest BCUT2D eigenvalue weighted by molar-refractivity contribution is 5.95. The maximum absolute atomic E-state index is 11.4. The van der Waals surface area contributed by atoms with E-state index in [2.05, 4.69) is 4.74 Å². The van der Waals surface area contributed by atoms with Crippen molar-refractivity contribution in [2.45, 2.75) is 0 Å². The number of methoxy groups -OCH3 is 1. The van der Waals surface area contributed by atoms with Crippen LogP contribution in [-0.2, 0) is 4.74 Å². The van der Waals surface area contributed by atoms with Gasteiger partial charge in [0.15, 0.2) is 10.7 Å². The van der Waals surface area contributed by atoms with Crippen molar-refractivity contribution in [1.82, 2.24) is 4.68 Å². The monoisotopic (exact) mass is 220 g/mol. The zero-order valence-corrected chi connectivity index (χ0v) is 8.41. The number of hydrogen-bond acceptors (Lipinski definition) is 4. The Labute approximate surface area is 90.2 Å². The maximum Gasteiger partial charge on any atom is 0.361 e. The van der Waals surface area contributed by atoms with Crippen molar-refractivity contribution in [3.63, 3.8) is 0 Å². The van der Waals surface area contributed by atoms with Crippen molar-refractivity contribution in [3.8, 4) is 0 Å². The Kier molecular flexibility index (Phi) is 2.32. The normalized spacial score (nSPS) is 10.3. The van der Waals surface area contributed by atoms with Gasteiger partial charge in [-0.25, -0.2) is 14.9 Å². The van der Waals surface area contributed by atoms with E-state index >= 15 is 0 Å². The van der Waals surface area contributed by atoms with Gasteiger partial charge < -0.3 is 4.74 Å². The number of para-hydroxylation sites is 1. The van der Waals surface area contributed by atoms with Gasteiger partial charge in [0.05, 0.1) is 7.11 Å². The third kappa shape index (κ3) is 1.40. The van der Waals surface area contributed by atoms with Gasteiger partial charge in [-0.05, 0) is 12.1 Å². The number of benzene rings is 1. The lowest BCUT2D eigenvalue weighted by Crippen LogP contribution is -2.16. The summed E-state index contributed by atoms with van der Waals surface area (Å²) in [6.07, 6.45) is 0. The molecule has 0 bridgehead atoms. The summed E-state index contributed by atoms with van der Waals surface area (Å²) < 4.78 is 5.22. The molecule has 1 heterocycles. The number of aromatic nitrogens is 1. The molecule has 0 unspecified atom stereocenters. The van der Waals surface area contributed by atoms with Gasteiger partial charge in [-0.15, -0.1) is 0 Å². The molecule has 0 saturated heterocycles. The maximum atomic E-state index is 11.4. The van der Waals surface area contributed by atoms with Gasteiger partial charge >= 0.3 is 5.97 Å². The zero-order chi connectivity index (χ0) is 11.7. The lowest BCUT2D eigenvalue weighted by Gasteiger charge is -1.98. The molecule has 0 radical (unpaired) electrons. The number of rotatable bonds is 2. The Morgan fingerprint density at radius 3 is 2.75 bits per heavy atom. The Balaban J connectivity index is 2.78. The average molecular weight is 220 g/mol. The third-order valence-electron chi connectivity index (χ3n) is 2.24. The summed E-state index contributed by atoms with van der Waals surface area (Å²) in [7, 11) is 1.18. The van der Waals surface area contributed by atoms with Gasteiger partial charge in [-0.1, -0.05) is 22.9 Å². The SMILES string of the molecule is COC(=O)c1cc2ccccc2n1[N+](=O)[O-]. The van der Waals surface area contributed by atoms with Gasteiger partial charge in [0.25, 0.3) is 0 Å². The van der Waals surface area contributed by atoms with Gasteiger partial charge in [0.1, 0.15) is 5.52 Å². The quantitative estimate of drug-likeness (QED) is 0.436. The number of carbonyl (C=O) groups excluding carboxylic acids is 1. The average Bonchev–Trinajstić information content (AvgIpc) is 2.67. The van der Waals surface area contributed by atoms with Crippen LogP contribution in [0.25, 0.3) is 10.9 Å². The van der Waals surface area contributed by atoms with Gasteiger partial charge in [-0.2, -0.15) is 0 Å². The van der Waals surface area contributed by atoms with E-state index in [-0.39, 0.29) is 5.69 Å². The van der Waals surface area contributed by atoms with E-state index in [9.17, 15) is 14.9 Å². The topological polar surface area (TPSA) is 74.4 Å². The van der Waals surface area contributed by atoms with Gasteiger partial charge in [0, 0.05) is 5.39 Å². The predicted octanol–water partition coefficient (Wildman–Crippen LogP) is 1.47. The van der Waals surface area contributed by atoms with Gasteiger partial charge in [-0.3, -0.25) is 0 Å². The Morgan fingerprint density at radius 1 is 1.44 bits per heavy atom. The molecule has 16 heavy (non-hydrogen) atoms. The molecule has 2 aromatic rings. The number of carbonyl (C=O) groups is 1. The number of esters is 1. The molecule has 0 atom stereocenters. The van der Waals surface area contributed by atoms with Crippen molar-refractivity contribution < 1.29 is 14.6 Å². The van der Waals surface area contributed by atoms with E-state index in [4.69, 9.17) is 0 Å². The minimum absolute atomic E-state index is 0.0892. The van der Waals surface area contributed by atoms with E-state index in [1.54, 1.807) is 24.3 Å². The molecular weight excluding hydrogens is 212 g/mol. The largest absolute Gasteiger partial charge is 0.464 e. The van der Waals surface area contributed by atoms with Crippen molar-refractivity contribution >= 4 is 16.9 Å². The van der Waals surface area contributed by atoms with E-state index in [1.165, 1.54) is 13.2 Å². The van der Waals surface area contributed by atoms with Crippen molar-refractivity contribution in [1.29, 1.82) is 0 Å². The Morgan fingerprint density at radius 2 is 2.12 bits per heavy atom. The van der Waals surface area contributed by atoms with Crippen LogP contribution in [0, 0.1) is 10.1 Å². The molecule has 6 heteroatoms. The molecule has 0 aliphatic heterocycles. The highest BCUT2D eigenvalue weighted by Crippen LogP contribution is 2.19. The second-order valence-electron chi connectivity index (χ2n) is 3.13. The van der Waals surface area contributed by atoms with Crippen LogP contribution < -0.4 is 0 Å². The molecule has 1 aromatic carbocycles. The zero-order valence-electron chi connectivity index (χ0n) is 8.41. The second kappa shape index (κ2) is 3.65. The fourth-order valence-corrected chi connectivity index (χ4v) is 1.57. The molecule has 1 aromatic heterocycles. The summed E-state index contributed by atoms with van der Waals surface area (Å²) in [5.41, 5.74) is 0.279. The van der Waals surface area contributed by atoms with Crippen LogP contribution in [0.2, 0.25) is 0 Å². The summed E-state index contributed by atoms with van der Waals surface area (Å²) >= 11 is 0. The minimum atomic E-state index is -0.729. The van der Waals surface area contributed by atoms with Crippen LogP contribution in [0.5, 0.6) is 0 Å². The molecule has 0 spiro atoms. The second-order valence-corrected chi connectivity index (χ2v) is 3.13. The molecular formula is C10H8N2O4. The van der Waals surface area contributed by atoms with E-state index < -0.39 is 11.0 Å². The molecule has 0 N–H and O–H groups in total. The van der Waals surface area contributed by atoms with Crippen LogP contribution in [0.15, 0.2) is 30.3 Å². The molecule has 0 aliphatic carbocycles. The fraction of sp³-hybridized carbons (Fsp3) is 0.100. The van der Waals surface area contributed by atoms with Crippen molar-refractivity contribution in [2.24, 2.45) is 0 Å². The van der Waals surface area contributed by atoms with Crippen LogP contribution in [-0.4, -0.2) is 22.8 Å². The number of fused-ring (bicyclic) bond motifs is 1. The minimum Gasteiger partial charge on any atom is -0.464 e. The molecule has 82 valence electrons.